The van der Waals surface area contributed by atoms with Gasteiger partial charge in [-0.2, -0.15) is 0 Å². The van der Waals surface area contributed by atoms with E-state index in [0.29, 0.717) is 0 Å². The molecule has 0 aliphatic rings. The molecule has 0 amide bonds. The van der Waals surface area contributed by atoms with Gasteiger partial charge in [-0.1, -0.05) is 9.13 Å². The number of hydrogen-bond donors (Lipinski definition) is 3. The average Bonchev–Trinajstić information content (AvgIpc) is 2.30. The monoisotopic (exact) mass is 305 g/mol. The number of carbonyl (C=O) groups is 1. The van der Waals surface area contributed by atoms with Crippen molar-refractivity contribution in [1.29, 1.82) is 0 Å². The van der Waals surface area contributed by atoms with Crippen LogP contribution in [-0.4, -0.2) is 22.2 Å². The van der Waals surface area contributed by atoms with Gasteiger partial charge in [0.15, 0.2) is 0 Å². The Hall–Kier alpha value is -1.43. The fourth-order valence-electron chi connectivity index (χ4n) is 1.40. The first kappa shape index (κ1) is 15.6. The Morgan fingerprint density at radius 3 is 2.00 bits per heavy atom. The van der Waals surface area contributed by atoms with Crippen LogP contribution >= 0.6 is 16.1 Å². The van der Waals surface area contributed by atoms with E-state index in [2.05, 4.69) is 0 Å². The summed E-state index contributed by atoms with van der Waals surface area (Å²) in [6.07, 6.45) is -0.262. The Labute approximate surface area is 109 Å². The highest BCUT2D eigenvalue weighted by atomic mass is 31.1. The minimum Gasteiger partial charge on any atom is -0.591 e. The summed E-state index contributed by atoms with van der Waals surface area (Å²) in [5.74, 6) is -2.19. The van der Waals surface area contributed by atoms with Crippen molar-refractivity contribution in [2.75, 3.05) is 0 Å². The summed E-state index contributed by atoms with van der Waals surface area (Å²) in [6.45, 7) is 0. The van der Waals surface area contributed by atoms with Crippen molar-refractivity contribution in [1.82, 2.24) is 0 Å². The Kier molecular flexibility index (Phi) is 5.05. The van der Waals surface area contributed by atoms with Gasteiger partial charge in [0.25, 0.3) is 0 Å². The molecule has 0 spiro atoms. The van der Waals surface area contributed by atoms with E-state index >= 15 is 0 Å². The van der Waals surface area contributed by atoms with E-state index in [0.717, 1.165) is 12.1 Å². The van der Waals surface area contributed by atoms with Crippen molar-refractivity contribution in [3.8, 4) is 5.75 Å². The van der Waals surface area contributed by atoms with Gasteiger partial charge >= 0.3 is 22.0 Å². The van der Waals surface area contributed by atoms with Gasteiger partial charge in [-0.05, 0) is 24.1 Å². The smallest absolute Gasteiger partial charge is 0.352 e. The standard InChI is InChI=1S/C9H9NO7P2/c10-5(9(12)13)1-4-2-6(18(14)15)8(11)7(3-4)19(16)17/h2-3,5,11H,1,10H2,(H,12,13). The number of hydrogen-bond acceptors (Lipinski definition) is 7. The molecule has 1 aromatic rings. The predicted molar refractivity (Wildman–Crippen MR) is 61.9 cm³/mol. The molecule has 3 atom stereocenters. The fourth-order valence-corrected chi connectivity index (χ4v) is 2.62. The maximum Gasteiger partial charge on any atom is 0.352 e. The average molecular weight is 305 g/mol. The molecule has 0 aromatic heterocycles. The lowest BCUT2D eigenvalue weighted by molar-refractivity contribution is -0.161. The van der Waals surface area contributed by atoms with Crippen LogP contribution in [0.3, 0.4) is 0 Å². The van der Waals surface area contributed by atoms with Crippen molar-refractivity contribution in [3.63, 3.8) is 0 Å². The zero-order chi connectivity index (χ0) is 14.7. The molecule has 4 N–H and O–H groups in total. The number of benzene rings is 1. The van der Waals surface area contributed by atoms with Crippen LogP contribution < -0.4 is 26.1 Å². The molecular formula is C9H9NO7P2. The van der Waals surface area contributed by atoms with Crippen LogP contribution in [-0.2, 0) is 20.3 Å². The van der Waals surface area contributed by atoms with E-state index < -0.39 is 44.4 Å². The predicted octanol–water partition coefficient (Wildman–Crippen LogP) is -2.20. The van der Waals surface area contributed by atoms with Crippen molar-refractivity contribution < 1.29 is 33.9 Å². The number of aliphatic carboxylic acids is 1. The molecule has 0 aliphatic heterocycles. The van der Waals surface area contributed by atoms with E-state index in [1.54, 1.807) is 0 Å². The molecule has 19 heavy (non-hydrogen) atoms. The van der Waals surface area contributed by atoms with E-state index in [1.807, 2.05) is 0 Å². The summed E-state index contributed by atoms with van der Waals surface area (Å²) in [5.41, 5.74) is 5.37. The normalized spacial score (nSPS) is 13.8. The Morgan fingerprint density at radius 2 is 1.68 bits per heavy atom. The molecule has 1 aromatic carbocycles. The molecule has 0 radical (unpaired) electrons. The third kappa shape index (κ3) is 3.76. The molecule has 0 heterocycles. The summed E-state index contributed by atoms with van der Waals surface area (Å²) < 4.78 is 21.8. The summed E-state index contributed by atoms with van der Waals surface area (Å²) in [4.78, 5) is 32.4. The van der Waals surface area contributed by atoms with Crippen LogP contribution in [0.2, 0.25) is 0 Å². The Bertz CT molecular complexity index is 524. The lowest BCUT2D eigenvalue weighted by Gasteiger charge is -2.07. The van der Waals surface area contributed by atoms with E-state index in [9.17, 15) is 28.8 Å². The molecule has 0 bridgehead atoms. The zero-order valence-electron chi connectivity index (χ0n) is 9.35. The third-order valence-electron chi connectivity index (χ3n) is 2.30. The van der Waals surface area contributed by atoms with Crippen LogP contribution in [0.15, 0.2) is 12.1 Å². The summed E-state index contributed by atoms with van der Waals surface area (Å²) in [6, 6.07) is 0.678. The molecule has 0 saturated carbocycles. The second kappa shape index (κ2) is 6.14. The lowest BCUT2D eigenvalue weighted by atomic mass is 10.1. The highest BCUT2D eigenvalue weighted by Gasteiger charge is 2.27. The van der Waals surface area contributed by atoms with Crippen molar-refractivity contribution in [2.24, 2.45) is 5.73 Å². The van der Waals surface area contributed by atoms with Gasteiger partial charge in [0.2, 0.25) is 16.4 Å². The number of nitrogens with two attached hydrogens (primary N) is 1. The van der Waals surface area contributed by atoms with Crippen molar-refractivity contribution in [3.05, 3.63) is 17.7 Å². The number of phenols is 1. The minimum atomic E-state index is -3.22. The lowest BCUT2D eigenvalue weighted by Crippen LogP contribution is -2.33. The topological polar surface area (TPSA) is 164 Å². The first-order valence-electron chi connectivity index (χ1n) is 4.87. The second-order valence-electron chi connectivity index (χ2n) is 3.65. The van der Waals surface area contributed by atoms with E-state index in [1.165, 1.54) is 0 Å². The van der Waals surface area contributed by atoms with E-state index in [4.69, 9.17) is 10.8 Å². The number of carboxylic acid groups (broad SMARTS) is 1. The summed E-state index contributed by atoms with van der Waals surface area (Å²) in [5, 5.41) is 17.0. The fraction of sp³-hybridized carbons (Fsp3) is 0.222. The minimum absolute atomic E-state index is 0.0936. The molecule has 102 valence electrons. The van der Waals surface area contributed by atoms with Gasteiger partial charge in [0.1, 0.15) is 6.04 Å². The Balaban J connectivity index is 3.30. The van der Waals surface area contributed by atoms with Gasteiger partial charge in [0, 0.05) is 0 Å². The van der Waals surface area contributed by atoms with Gasteiger partial charge in [-0.3, -0.25) is 4.79 Å². The second-order valence-corrected chi connectivity index (χ2v) is 5.64. The number of phenolic OH excluding ortho intramolecular Hbond substituents is 1. The van der Waals surface area contributed by atoms with Crippen LogP contribution in [0.25, 0.3) is 0 Å². The van der Waals surface area contributed by atoms with Crippen molar-refractivity contribution in [2.45, 2.75) is 12.5 Å². The molecule has 3 unspecified atom stereocenters. The first-order chi connectivity index (χ1) is 8.73. The molecule has 0 saturated heterocycles. The SMILES string of the molecule is NC(Cc1cc([P+](=O)[O-])c(O)c([P+](=O)[O-])c1)C(=O)O. The molecule has 0 aliphatic carbocycles. The van der Waals surface area contributed by atoms with Crippen molar-refractivity contribution >= 4 is 32.6 Å². The highest BCUT2D eigenvalue weighted by molar-refractivity contribution is 7.48. The summed E-state index contributed by atoms with van der Waals surface area (Å²) in [7, 11) is -6.44. The summed E-state index contributed by atoms with van der Waals surface area (Å²) >= 11 is 0. The van der Waals surface area contributed by atoms with Crippen LogP contribution in [0.4, 0.5) is 0 Å². The number of carboxylic acids is 1. The zero-order valence-corrected chi connectivity index (χ0v) is 11.1. The number of aromatic hydroxyl groups is 1. The van der Waals surface area contributed by atoms with Crippen LogP contribution in [0.5, 0.6) is 5.75 Å². The van der Waals surface area contributed by atoms with E-state index in [-0.39, 0.29) is 12.0 Å². The van der Waals surface area contributed by atoms with Crippen LogP contribution in [0, 0.1) is 0 Å². The third-order valence-corrected chi connectivity index (χ3v) is 3.76. The maximum atomic E-state index is 10.9. The maximum absolute atomic E-state index is 10.9. The first-order valence-corrected chi connectivity index (χ1v) is 7.22. The number of rotatable bonds is 5. The largest absolute Gasteiger partial charge is 0.591 e. The molecule has 8 nitrogen and oxygen atoms in total. The quantitative estimate of drug-likeness (QED) is 0.516. The molecule has 1 rings (SSSR count). The van der Waals surface area contributed by atoms with Gasteiger partial charge in [0.05, 0.1) is 0 Å². The van der Waals surface area contributed by atoms with Gasteiger partial charge in [-0.25, -0.2) is 0 Å². The molecule has 10 heteroatoms. The van der Waals surface area contributed by atoms with Crippen LogP contribution in [0.1, 0.15) is 5.56 Å². The molecular weight excluding hydrogens is 296 g/mol. The Morgan fingerprint density at radius 1 is 1.26 bits per heavy atom. The van der Waals surface area contributed by atoms with Gasteiger partial charge in [-0.15, -0.1) is 0 Å². The highest BCUT2D eigenvalue weighted by Crippen LogP contribution is 2.24. The van der Waals surface area contributed by atoms with Gasteiger partial charge < -0.3 is 25.7 Å². The molecule has 0 fully saturated rings.